The zero-order valence-corrected chi connectivity index (χ0v) is 11.8. The predicted octanol–water partition coefficient (Wildman–Crippen LogP) is 2.37. The van der Waals surface area contributed by atoms with Crippen LogP contribution in [-0.2, 0) is 15.8 Å². The molecular weight excluding hydrogens is 286 g/mol. The highest BCUT2D eigenvalue weighted by molar-refractivity contribution is 7.91. The first-order valence-corrected chi connectivity index (χ1v) is 7.67. The van der Waals surface area contributed by atoms with Gasteiger partial charge in [-0.05, 0) is 42.0 Å². The SMILES string of the molecule is N#Cc1ccc(CS(=O)(=O)Nc2ccc(C#N)cc2)cc1. The molecule has 0 bridgehead atoms. The lowest BCUT2D eigenvalue weighted by Gasteiger charge is -2.08. The fourth-order valence-corrected chi connectivity index (χ4v) is 2.92. The van der Waals surface area contributed by atoms with Gasteiger partial charge in [0.05, 0.1) is 29.0 Å². The molecule has 2 rings (SSSR count). The Morgan fingerprint density at radius 3 is 1.81 bits per heavy atom. The fraction of sp³-hybridized carbons (Fsp3) is 0.0667. The van der Waals surface area contributed by atoms with Crippen molar-refractivity contribution in [3.8, 4) is 12.1 Å². The van der Waals surface area contributed by atoms with Crippen LogP contribution in [-0.4, -0.2) is 8.42 Å². The Labute approximate surface area is 123 Å². The summed E-state index contributed by atoms with van der Waals surface area (Å²) in [5, 5.41) is 17.4. The number of hydrogen-bond acceptors (Lipinski definition) is 4. The Bertz CT molecular complexity index is 746. The fourth-order valence-electron chi connectivity index (χ4n) is 1.72. The molecule has 0 unspecified atom stereocenters. The minimum absolute atomic E-state index is 0.182. The Balaban J connectivity index is 2.10. The summed E-state index contributed by atoms with van der Waals surface area (Å²) in [5.41, 5.74) is 1.94. The number of sulfonamides is 1. The van der Waals surface area contributed by atoms with Crippen molar-refractivity contribution in [2.45, 2.75) is 5.75 Å². The second-order valence-electron chi connectivity index (χ2n) is 4.36. The lowest BCUT2D eigenvalue weighted by molar-refractivity contribution is 0.600. The van der Waals surface area contributed by atoms with E-state index >= 15 is 0 Å². The van der Waals surface area contributed by atoms with Crippen molar-refractivity contribution in [3.63, 3.8) is 0 Å². The molecule has 5 nitrogen and oxygen atoms in total. The van der Waals surface area contributed by atoms with E-state index in [0.29, 0.717) is 22.4 Å². The van der Waals surface area contributed by atoms with Crippen molar-refractivity contribution in [2.75, 3.05) is 4.72 Å². The molecule has 6 heteroatoms. The van der Waals surface area contributed by atoms with Crippen LogP contribution in [0.4, 0.5) is 5.69 Å². The lowest BCUT2D eigenvalue weighted by atomic mass is 10.2. The largest absolute Gasteiger partial charge is 0.283 e. The molecule has 104 valence electrons. The average molecular weight is 297 g/mol. The first kappa shape index (κ1) is 14.6. The van der Waals surface area contributed by atoms with Crippen molar-refractivity contribution >= 4 is 15.7 Å². The van der Waals surface area contributed by atoms with Gasteiger partial charge >= 0.3 is 0 Å². The molecule has 21 heavy (non-hydrogen) atoms. The quantitative estimate of drug-likeness (QED) is 0.937. The van der Waals surface area contributed by atoms with E-state index in [1.54, 1.807) is 36.4 Å². The number of rotatable bonds is 4. The summed E-state index contributed by atoms with van der Waals surface area (Å²) >= 11 is 0. The zero-order valence-electron chi connectivity index (χ0n) is 10.9. The maximum Gasteiger partial charge on any atom is 0.236 e. The topological polar surface area (TPSA) is 93.8 Å². The maximum atomic E-state index is 12.0. The molecule has 0 aliphatic heterocycles. The summed E-state index contributed by atoms with van der Waals surface area (Å²) in [6, 6.07) is 16.5. The summed E-state index contributed by atoms with van der Waals surface area (Å²) in [4.78, 5) is 0. The van der Waals surface area contributed by atoms with Crippen molar-refractivity contribution in [2.24, 2.45) is 0 Å². The Morgan fingerprint density at radius 2 is 1.33 bits per heavy atom. The maximum absolute atomic E-state index is 12.0. The Morgan fingerprint density at radius 1 is 0.857 bits per heavy atom. The van der Waals surface area contributed by atoms with Gasteiger partial charge in [-0.3, -0.25) is 4.72 Å². The molecule has 2 aromatic carbocycles. The van der Waals surface area contributed by atoms with E-state index in [1.807, 2.05) is 12.1 Å². The lowest BCUT2D eigenvalue weighted by Crippen LogP contribution is -2.15. The second-order valence-corrected chi connectivity index (χ2v) is 6.08. The highest BCUT2D eigenvalue weighted by Gasteiger charge is 2.11. The van der Waals surface area contributed by atoms with Gasteiger partial charge in [0, 0.05) is 5.69 Å². The van der Waals surface area contributed by atoms with Gasteiger partial charge < -0.3 is 0 Å². The minimum atomic E-state index is -3.54. The summed E-state index contributed by atoms with van der Waals surface area (Å²) in [7, 11) is -3.54. The van der Waals surface area contributed by atoms with E-state index in [9.17, 15) is 8.42 Å². The van der Waals surface area contributed by atoms with Gasteiger partial charge in [-0.1, -0.05) is 12.1 Å². The van der Waals surface area contributed by atoms with Crippen molar-refractivity contribution < 1.29 is 8.42 Å². The number of nitriles is 2. The van der Waals surface area contributed by atoms with E-state index in [4.69, 9.17) is 10.5 Å². The van der Waals surface area contributed by atoms with Gasteiger partial charge in [-0.2, -0.15) is 10.5 Å². The molecule has 0 amide bonds. The smallest absolute Gasteiger partial charge is 0.236 e. The number of anilines is 1. The van der Waals surface area contributed by atoms with Gasteiger partial charge in [0.25, 0.3) is 0 Å². The van der Waals surface area contributed by atoms with E-state index in [0.717, 1.165) is 0 Å². The summed E-state index contributed by atoms with van der Waals surface area (Å²) in [6.07, 6.45) is 0. The van der Waals surface area contributed by atoms with Gasteiger partial charge in [0.1, 0.15) is 0 Å². The first-order valence-electron chi connectivity index (χ1n) is 6.02. The molecule has 0 heterocycles. The van der Waals surface area contributed by atoms with Crippen LogP contribution >= 0.6 is 0 Å². The van der Waals surface area contributed by atoms with Gasteiger partial charge in [-0.25, -0.2) is 8.42 Å². The monoisotopic (exact) mass is 297 g/mol. The van der Waals surface area contributed by atoms with E-state index in [2.05, 4.69) is 4.72 Å². The van der Waals surface area contributed by atoms with Crippen LogP contribution in [0.3, 0.4) is 0 Å². The van der Waals surface area contributed by atoms with Gasteiger partial charge in [0.15, 0.2) is 0 Å². The molecule has 0 aliphatic rings. The van der Waals surface area contributed by atoms with E-state index < -0.39 is 10.0 Å². The molecule has 0 radical (unpaired) electrons. The van der Waals surface area contributed by atoms with Crippen LogP contribution in [0.15, 0.2) is 48.5 Å². The molecule has 1 N–H and O–H groups in total. The Hall–Kier alpha value is -2.83. The highest BCUT2D eigenvalue weighted by Crippen LogP contribution is 2.14. The van der Waals surface area contributed by atoms with Crippen LogP contribution in [0, 0.1) is 22.7 Å². The van der Waals surface area contributed by atoms with E-state index in [1.165, 1.54) is 12.1 Å². The number of hydrogen-bond donors (Lipinski definition) is 1. The highest BCUT2D eigenvalue weighted by atomic mass is 32.2. The molecule has 0 aromatic heterocycles. The molecule has 0 atom stereocenters. The standard InChI is InChI=1S/C15H11N3O2S/c16-9-12-1-3-14(4-2-12)11-21(19,20)18-15-7-5-13(10-17)6-8-15/h1-8,18H,11H2. The molecule has 2 aromatic rings. The normalized spacial score (nSPS) is 10.4. The van der Waals surface area contributed by atoms with Crippen LogP contribution < -0.4 is 4.72 Å². The van der Waals surface area contributed by atoms with Crippen molar-refractivity contribution in [1.29, 1.82) is 10.5 Å². The minimum Gasteiger partial charge on any atom is -0.283 e. The molecule has 0 aliphatic carbocycles. The van der Waals surface area contributed by atoms with Crippen LogP contribution in [0.25, 0.3) is 0 Å². The van der Waals surface area contributed by atoms with Crippen molar-refractivity contribution in [1.82, 2.24) is 0 Å². The van der Waals surface area contributed by atoms with Crippen molar-refractivity contribution in [3.05, 3.63) is 65.2 Å². The summed E-state index contributed by atoms with van der Waals surface area (Å²) < 4.78 is 26.5. The number of nitrogens with one attached hydrogen (secondary N) is 1. The third-order valence-corrected chi connectivity index (χ3v) is 3.99. The number of nitrogens with zero attached hydrogens (tertiary/aromatic N) is 2. The van der Waals surface area contributed by atoms with Gasteiger partial charge in [0.2, 0.25) is 10.0 Å². The summed E-state index contributed by atoms with van der Waals surface area (Å²) in [6.45, 7) is 0. The number of benzene rings is 2. The molecular formula is C15H11N3O2S. The first-order chi connectivity index (χ1) is 10.0. The molecule has 0 saturated heterocycles. The zero-order chi connectivity index (χ0) is 15.3. The third kappa shape index (κ3) is 4.07. The average Bonchev–Trinajstić information content (AvgIpc) is 2.48. The molecule has 0 saturated carbocycles. The third-order valence-electron chi connectivity index (χ3n) is 2.73. The molecule has 0 fully saturated rings. The molecule has 0 spiro atoms. The Kier molecular flexibility index (Phi) is 4.22. The second kappa shape index (κ2) is 6.08. The predicted molar refractivity (Wildman–Crippen MR) is 78.6 cm³/mol. The van der Waals surface area contributed by atoms with Crippen LogP contribution in [0.2, 0.25) is 0 Å². The summed E-state index contributed by atoms with van der Waals surface area (Å²) in [5.74, 6) is -0.182. The van der Waals surface area contributed by atoms with E-state index in [-0.39, 0.29) is 5.75 Å². The van der Waals surface area contributed by atoms with Crippen LogP contribution in [0.5, 0.6) is 0 Å². The van der Waals surface area contributed by atoms with Crippen LogP contribution in [0.1, 0.15) is 16.7 Å². The van der Waals surface area contributed by atoms with Gasteiger partial charge in [-0.15, -0.1) is 0 Å².